The first-order chi connectivity index (χ1) is 10.7. The lowest BCUT2D eigenvalue weighted by Crippen LogP contribution is -2.25. The molecule has 0 aromatic heterocycles. The lowest BCUT2D eigenvalue weighted by Gasteiger charge is -2.15. The maximum absolute atomic E-state index is 11.0. The summed E-state index contributed by atoms with van der Waals surface area (Å²) in [5.41, 5.74) is 0. The Labute approximate surface area is 136 Å². The second kappa shape index (κ2) is 12.7. The first-order valence-corrected chi connectivity index (χ1v) is 9.26. The van der Waals surface area contributed by atoms with Crippen LogP contribution in [0.2, 0.25) is 0 Å². The van der Waals surface area contributed by atoms with Gasteiger partial charge in [0.15, 0.2) is 0 Å². The second-order valence-electron chi connectivity index (χ2n) is 6.45. The van der Waals surface area contributed by atoms with E-state index in [0.717, 1.165) is 12.8 Å². The van der Waals surface area contributed by atoms with E-state index in [9.17, 15) is 9.90 Å². The predicted octanol–water partition coefficient (Wildman–Crippen LogP) is 4.92. The Hall–Kier alpha value is -0.830. The summed E-state index contributed by atoms with van der Waals surface area (Å²) in [6.45, 7) is 2.26. The molecule has 0 aromatic rings. The van der Waals surface area contributed by atoms with Gasteiger partial charge in [-0.2, -0.15) is 0 Å². The molecule has 3 heteroatoms. The number of unbranched alkanes of at least 4 members (excludes halogenated alkanes) is 8. The number of carbonyl (C=O) groups excluding carboxylic acids is 1. The lowest BCUT2D eigenvalue weighted by molar-refractivity contribution is -0.145. The molecule has 1 rings (SSSR count). The number of hydrogen-bond acceptors (Lipinski definition) is 3. The maximum Gasteiger partial charge on any atom is 0.306 e. The minimum Gasteiger partial charge on any atom is -0.460 e. The molecule has 1 N–H and O–H groups in total. The Kier molecular flexibility index (Phi) is 11.1. The van der Waals surface area contributed by atoms with Crippen molar-refractivity contribution in [2.24, 2.45) is 0 Å². The smallest absolute Gasteiger partial charge is 0.306 e. The summed E-state index contributed by atoms with van der Waals surface area (Å²) in [7, 11) is 0. The van der Waals surface area contributed by atoms with Gasteiger partial charge in [-0.25, -0.2) is 0 Å². The molecule has 0 unspecified atom stereocenters. The average Bonchev–Trinajstić information content (AvgIpc) is 2.95. The zero-order chi connectivity index (χ0) is 16.0. The van der Waals surface area contributed by atoms with Gasteiger partial charge in [-0.05, 0) is 32.1 Å². The number of allylic oxidation sites excluding steroid dienone is 2. The van der Waals surface area contributed by atoms with Crippen LogP contribution in [0.4, 0.5) is 0 Å². The molecule has 0 bridgehead atoms. The largest absolute Gasteiger partial charge is 0.460 e. The number of aliphatic hydroxyl groups is 1. The van der Waals surface area contributed by atoms with Crippen LogP contribution in [0.3, 0.4) is 0 Å². The van der Waals surface area contributed by atoms with Crippen LogP contribution in [0, 0.1) is 0 Å². The molecule has 1 aliphatic heterocycles. The zero-order valence-electron chi connectivity index (χ0n) is 14.3. The second-order valence-corrected chi connectivity index (χ2v) is 6.45. The zero-order valence-corrected chi connectivity index (χ0v) is 14.3. The molecule has 1 aliphatic rings. The summed E-state index contributed by atoms with van der Waals surface area (Å²) in [5.74, 6) is -0.172. The molecule has 0 saturated carbocycles. The number of ether oxygens (including phenoxy) is 1. The molecular formula is C19H34O3. The molecule has 1 fully saturated rings. The van der Waals surface area contributed by atoms with E-state index in [-0.39, 0.29) is 12.1 Å². The highest BCUT2D eigenvalue weighted by atomic mass is 16.6. The molecule has 0 amide bonds. The average molecular weight is 310 g/mol. The van der Waals surface area contributed by atoms with Crippen molar-refractivity contribution in [1.82, 2.24) is 0 Å². The van der Waals surface area contributed by atoms with Gasteiger partial charge in [0.1, 0.15) is 6.10 Å². The van der Waals surface area contributed by atoms with Crippen molar-refractivity contribution in [1.29, 1.82) is 0 Å². The van der Waals surface area contributed by atoms with Crippen LogP contribution in [0.15, 0.2) is 12.2 Å². The van der Waals surface area contributed by atoms with Crippen LogP contribution in [0.1, 0.15) is 90.4 Å². The van der Waals surface area contributed by atoms with Gasteiger partial charge in [0.05, 0.1) is 6.10 Å². The van der Waals surface area contributed by atoms with Gasteiger partial charge in [0, 0.05) is 6.42 Å². The first kappa shape index (κ1) is 19.2. The standard InChI is InChI=1S/C19H34O3/c1-2-3-4-5-6-7-8-9-10-11-12-13-14-17(20)18-15-16-19(21)22-18/h11-12,17-18,20H,2-10,13-16H2,1H3/b12-11+/t17-,18-/m0/s1. The van der Waals surface area contributed by atoms with Gasteiger partial charge < -0.3 is 9.84 Å². The highest BCUT2D eigenvalue weighted by Crippen LogP contribution is 2.19. The lowest BCUT2D eigenvalue weighted by atomic mass is 10.0. The first-order valence-electron chi connectivity index (χ1n) is 9.26. The summed E-state index contributed by atoms with van der Waals surface area (Å²) in [5, 5.41) is 9.92. The fourth-order valence-corrected chi connectivity index (χ4v) is 2.90. The maximum atomic E-state index is 11.0. The van der Waals surface area contributed by atoms with Gasteiger partial charge in [0.2, 0.25) is 0 Å². The van der Waals surface area contributed by atoms with Crippen LogP contribution >= 0.6 is 0 Å². The third-order valence-corrected chi connectivity index (χ3v) is 4.37. The summed E-state index contributed by atoms with van der Waals surface area (Å²) in [6, 6.07) is 0. The van der Waals surface area contributed by atoms with Crippen molar-refractivity contribution in [3.05, 3.63) is 12.2 Å². The fraction of sp³-hybridized carbons (Fsp3) is 0.842. The van der Waals surface area contributed by atoms with Gasteiger partial charge >= 0.3 is 5.97 Å². The summed E-state index contributed by atoms with van der Waals surface area (Å²) in [6.07, 6.45) is 18.3. The van der Waals surface area contributed by atoms with E-state index in [1.54, 1.807) is 0 Å². The third kappa shape index (κ3) is 9.24. The van der Waals surface area contributed by atoms with Crippen molar-refractivity contribution < 1.29 is 14.6 Å². The highest BCUT2D eigenvalue weighted by molar-refractivity contribution is 5.71. The van der Waals surface area contributed by atoms with Crippen molar-refractivity contribution in [3.63, 3.8) is 0 Å². The van der Waals surface area contributed by atoms with E-state index in [4.69, 9.17) is 4.74 Å². The number of rotatable bonds is 13. The third-order valence-electron chi connectivity index (χ3n) is 4.37. The Morgan fingerprint density at radius 1 is 1.09 bits per heavy atom. The molecule has 2 atom stereocenters. The number of aliphatic hydroxyl groups excluding tert-OH is 1. The van der Waals surface area contributed by atoms with Crippen molar-refractivity contribution in [2.45, 2.75) is 103 Å². The Morgan fingerprint density at radius 2 is 1.73 bits per heavy atom. The van der Waals surface area contributed by atoms with Crippen LogP contribution in [0.5, 0.6) is 0 Å². The quantitative estimate of drug-likeness (QED) is 0.298. The van der Waals surface area contributed by atoms with E-state index in [2.05, 4.69) is 19.1 Å². The van der Waals surface area contributed by atoms with Crippen molar-refractivity contribution >= 4 is 5.97 Å². The Bertz CT molecular complexity index is 312. The van der Waals surface area contributed by atoms with Gasteiger partial charge in [-0.3, -0.25) is 4.79 Å². The molecule has 1 heterocycles. The van der Waals surface area contributed by atoms with Crippen molar-refractivity contribution in [2.75, 3.05) is 0 Å². The Balaban J connectivity index is 1.87. The summed E-state index contributed by atoms with van der Waals surface area (Å²) < 4.78 is 5.07. The van der Waals surface area contributed by atoms with Crippen LogP contribution < -0.4 is 0 Å². The van der Waals surface area contributed by atoms with Crippen molar-refractivity contribution in [3.8, 4) is 0 Å². The predicted molar refractivity (Wildman–Crippen MR) is 90.7 cm³/mol. The highest BCUT2D eigenvalue weighted by Gasteiger charge is 2.29. The minimum atomic E-state index is -0.501. The van der Waals surface area contributed by atoms with Crippen LogP contribution in [0.25, 0.3) is 0 Å². The summed E-state index contributed by atoms with van der Waals surface area (Å²) in [4.78, 5) is 11.0. The number of carbonyl (C=O) groups is 1. The van der Waals surface area contributed by atoms with Gasteiger partial charge in [-0.1, -0.05) is 64.0 Å². The van der Waals surface area contributed by atoms with E-state index in [1.165, 1.54) is 51.4 Å². The van der Waals surface area contributed by atoms with Gasteiger partial charge in [0.25, 0.3) is 0 Å². The molecule has 128 valence electrons. The molecule has 0 aromatic carbocycles. The van der Waals surface area contributed by atoms with E-state index in [1.807, 2.05) is 0 Å². The van der Waals surface area contributed by atoms with E-state index < -0.39 is 6.10 Å². The number of esters is 1. The molecule has 1 saturated heterocycles. The van der Waals surface area contributed by atoms with Crippen LogP contribution in [-0.2, 0) is 9.53 Å². The molecule has 3 nitrogen and oxygen atoms in total. The molecule has 22 heavy (non-hydrogen) atoms. The molecule has 0 aliphatic carbocycles. The number of hydrogen-bond donors (Lipinski definition) is 1. The molecule has 0 radical (unpaired) electrons. The normalized spacial score (nSPS) is 19.7. The Morgan fingerprint density at radius 3 is 2.36 bits per heavy atom. The summed E-state index contributed by atoms with van der Waals surface area (Å²) >= 11 is 0. The van der Waals surface area contributed by atoms with Gasteiger partial charge in [-0.15, -0.1) is 0 Å². The molecular weight excluding hydrogens is 276 g/mol. The monoisotopic (exact) mass is 310 g/mol. The van der Waals surface area contributed by atoms with E-state index >= 15 is 0 Å². The molecule has 0 spiro atoms. The van der Waals surface area contributed by atoms with E-state index in [0.29, 0.717) is 19.3 Å². The minimum absolute atomic E-state index is 0.172. The van der Waals surface area contributed by atoms with Crippen LogP contribution in [-0.4, -0.2) is 23.3 Å². The number of cyclic esters (lactones) is 1. The topological polar surface area (TPSA) is 46.5 Å². The SMILES string of the molecule is CCCCCCCCCC/C=C/CC[C@H](O)[C@@H]1CCC(=O)O1. The fourth-order valence-electron chi connectivity index (χ4n) is 2.90.